The van der Waals surface area contributed by atoms with Gasteiger partial charge in [-0.05, 0) is 17.0 Å². The van der Waals surface area contributed by atoms with Gasteiger partial charge < -0.3 is 15.7 Å². The van der Waals surface area contributed by atoms with Crippen LogP contribution in [0.3, 0.4) is 0 Å². The lowest BCUT2D eigenvalue weighted by molar-refractivity contribution is -0.123. The fourth-order valence-electron chi connectivity index (χ4n) is 2.67. The molecule has 1 aliphatic heterocycles. The molecule has 0 aliphatic carbocycles. The van der Waals surface area contributed by atoms with Gasteiger partial charge in [-0.3, -0.25) is 4.79 Å². The number of amides is 1. The van der Waals surface area contributed by atoms with Gasteiger partial charge in [0, 0.05) is 13.1 Å². The fourth-order valence-corrected chi connectivity index (χ4v) is 4.97. The van der Waals surface area contributed by atoms with Gasteiger partial charge in [-0.1, -0.05) is 36.4 Å². The fraction of sp³-hybridized carbons (Fsp3) is 0.312. The summed E-state index contributed by atoms with van der Waals surface area (Å²) >= 11 is 1.08. The first-order chi connectivity index (χ1) is 12.0. The lowest BCUT2D eigenvalue weighted by atomic mass is 10.1. The van der Waals surface area contributed by atoms with Crippen molar-refractivity contribution in [1.29, 1.82) is 0 Å². The van der Waals surface area contributed by atoms with Crippen molar-refractivity contribution in [1.82, 2.24) is 15.4 Å². The number of β-amino-alcohol motifs (C(OH)–C–C–N with tert-alkyl or cyclic N) is 1. The summed E-state index contributed by atoms with van der Waals surface area (Å²) < 4.78 is 27.3. The van der Waals surface area contributed by atoms with E-state index in [1.165, 1.54) is 6.07 Å². The smallest absolute Gasteiger partial charge is 0.250 e. The maximum absolute atomic E-state index is 12.4. The number of carbonyl (C=O) groups is 1. The number of aliphatic hydroxyl groups is 1. The number of hydrogen-bond donors (Lipinski definition) is 4. The second-order valence-electron chi connectivity index (χ2n) is 5.74. The van der Waals surface area contributed by atoms with Gasteiger partial charge >= 0.3 is 0 Å². The summed E-state index contributed by atoms with van der Waals surface area (Å²) in [5, 5.41) is 17.4. The van der Waals surface area contributed by atoms with E-state index in [4.69, 9.17) is 0 Å². The van der Waals surface area contributed by atoms with Crippen molar-refractivity contribution in [3.63, 3.8) is 0 Å². The molecule has 1 saturated heterocycles. The van der Waals surface area contributed by atoms with E-state index in [0.29, 0.717) is 6.54 Å². The van der Waals surface area contributed by atoms with E-state index in [-0.39, 0.29) is 16.7 Å². The molecule has 1 aromatic heterocycles. The number of sulfonamides is 1. The second kappa shape index (κ2) is 7.63. The van der Waals surface area contributed by atoms with Gasteiger partial charge in [-0.15, -0.1) is 11.3 Å². The molecule has 134 valence electrons. The Balaban J connectivity index is 1.67. The Bertz CT molecular complexity index is 809. The first kappa shape index (κ1) is 18.0. The number of carbonyl (C=O) groups excluding carboxylic acids is 1. The normalized spacial score (nSPS) is 23.5. The second-order valence-corrected chi connectivity index (χ2v) is 8.62. The zero-order valence-corrected chi connectivity index (χ0v) is 14.9. The van der Waals surface area contributed by atoms with Gasteiger partial charge in [-0.25, -0.2) is 13.1 Å². The standard InChI is InChI=1S/C16H19N3O4S2/c20-12-10-17-15(16(21)18-9-11-5-2-1-3-6-11)14(12)19-25(22,23)13-7-4-8-24-13/h1-8,12,14-15,17,19-20H,9-10H2,(H,18,21)/t12-,14+,15-/m0/s1. The molecule has 9 heteroatoms. The number of aliphatic hydroxyl groups excluding tert-OH is 1. The summed E-state index contributed by atoms with van der Waals surface area (Å²) in [7, 11) is -3.78. The summed E-state index contributed by atoms with van der Waals surface area (Å²) in [5.41, 5.74) is 0.935. The highest BCUT2D eigenvalue weighted by Crippen LogP contribution is 2.18. The molecule has 1 aromatic carbocycles. The molecule has 4 N–H and O–H groups in total. The zero-order valence-electron chi connectivity index (χ0n) is 13.3. The van der Waals surface area contributed by atoms with Crippen LogP contribution in [0.5, 0.6) is 0 Å². The predicted octanol–water partition coefficient (Wildman–Crippen LogP) is 0.0441. The van der Waals surface area contributed by atoms with Gasteiger partial charge in [0.25, 0.3) is 0 Å². The quantitative estimate of drug-likeness (QED) is 0.565. The highest BCUT2D eigenvalue weighted by molar-refractivity contribution is 7.91. The Morgan fingerprint density at radius 1 is 1.24 bits per heavy atom. The topological polar surface area (TPSA) is 108 Å². The summed E-state index contributed by atoms with van der Waals surface area (Å²) in [6.45, 7) is 0.472. The minimum absolute atomic E-state index is 0.140. The van der Waals surface area contributed by atoms with Crippen LogP contribution in [0.2, 0.25) is 0 Å². The van der Waals surface area contributed by atoms with Crippen LogP contribution in [0.25, 0.3) is 0 Å². The molecular weight excluding hydrogens is 362 g/mol. The largest absolute Gasteiger partial charge is 0.390 e. The van der Waals surface area contributed by atoms with E-state index in [2.05, 4.69) is 15.4 Å². The molecule has 1 aliphatic rings. The van der Waals surface area contributed by atoms with E-state index >= 15 is 0 Å². The van der Waals surface area contributed by atoms with Gasteiger partial charge in [0.2, 0.25) is 15.9 Å². The first-order valence-corrected chi connectivity index (χ1v) is 10.1. The van der Waals surface area contributed by atoms with Crippen LogP contribution in [0.15, 0.2) is 52.1 Å². The Hall–Kier alpha value is -1.78. The molecule has 3 rings (SSSR count). The van der Waals surface area contributed by atoms with Crippen molar-refractivity contribution in [2.24, 2.45) is 0 Å². The maximum atomic E-state index is 12.4. The van der Waals surface area contributed by atoms with Crippen molar-refractivity contribution in [3.8, 4) is 0 Å². The molecule has 1 fully saturated rings. The predicted molar refractivity (Wildman–Crippen MR) is 94.5 cm³/mol. The first-order valence-electron chi connectivity index (χ1n) is 7.76. The maximum Gasteiger partial charge on any atom is 0.250 e. The molecule has 2 aromatic rings. The summed E-state index contributed by atoms with van der Waals surface area (Å²) in [6.07, 6.45) is -0.984. The molecule has 0 radical (unpaired) electrons. The number of hydrogen-bond acceptors (Lipinski definition) is 6. The Labute approximate surface area is 150 Å². The number of benzene rings is 1. The van der Waals surface area contributed by atoms with Crippen LogP contribution < -0.4 is 15.4 Å². The lowest BCUT2D eigenvalue weighted by Crippen LogP contribution is -2.54. The van der Waals surface area contributed by atoms with Crippen molar-refractivity contribution in [2.45, 2.75) is 28.9 Å². The highest BCUT2D eigenvalue weighted by atomic mass is 32.2. The van der Waals surface area contributed by atoms with Gasteiger partial charge in [0.15, 0.2) is 0 Å². The van der Waals surface area contributed by atoms with Crippen LogP contribution in [0.1, 0.15) is 5.56 Å². The molecule has 1 amide bonds. The number of rotatable bonds is 6. The summed E-state index contributed by atoms with van der Waals surface area (Å²) in [4.78, 5) is 12.4. The van der Waals surface area contributed by atoms with Crippen LogP contribution in [-0.2, 0) is 21.4 Å². The average molecular weight is 381 g/mol. The number of nitrogens with one attached hydrogen (secondary N) is 3. The molecule has 0 spiro atoms. The zero-order chi connectivity index (χ0) is 17.9. The van der Waals surface area contributed by atoms with Crippen molar-refractivity contribution < 1.29 is 18.3 Å². The lowest BCUT2D eigenvalue weighted by Gasteiger charge is -2.21. The molecular formula is C16H19N3O4S2. The van der Waals surface area contributed by atoms with E-state index in [9.17, 15) is 18.3 Å². The monoisotopic (exact) mass is 381 g/mol. The molecule has 0 bridgehead atoms. The molecule has 7 nitrogen and oxygen atoms in total. The van der Waals surface area contributed by atoms with Crippen LogP contribution in [0.4, 0.5) is 0 Å². The van der Waals surface area contributed by atoms with Crippen LogP contribution in [-0.4, -0.2) is 44.2 Å². The van der Waals surface area contributed by atoms with Crippen molar-refractivity contribution in [2.75, 3.05) is 6.54 Å². The molecule has 0 saturated carbocycles. The van der Waals surface area contributed by atoms with Crippen molar-refractivity contribution in [3.05, 3.63) is 53.4 Å². The third-order valence-electron chi connectivity index (χ3n) is 3.96. The van der Waals surface area contributed by atoms with E-state index < -0.39 is 28.2 Å². The Morgan fingerprint density at radius 2 is 2.00 bits per heavy atom. The van der Waals surface area contributed by atoms with E-state index in [1.807, 2.05) is 30.3 Å². The number of thiophene rings is 1. The van der Waals surface area contributed by atoms with Gasteiger partial charge in [-0.2, -0.15) is 0 Å². The molecule has 2 heterocycles. The van der Waals surface area contributed by atoms with E-state index in [0.717, 1.165) is 16.9 Å². The minimum atomic E-state index is -3.78. The SMILES string of the molecule is O=C(NCc1ccccc1)[C@H]1NC[C@H](O)[C@H]1NS(=O)(=O)c1cccs1. The minimum Gasteiger partial charge on any atom is -0.390 e. The van der Waals surface area contributed by atoms with Gasteiger partial charge in [0.05, 0.1) is 12.1 Å². The van der Waals surface area contributed by atoms with Crippen LogP contribution >= 0.6 is 11.3 Å². The van der Waals surface area contributed by atoms with E-state index in [1.54, 1.807) is 11.4 Å². The average Bonchev–Trinajstić information content (AvgIpc) is 3.25. The molecule has 25 heavy (non-hydrogen) atoms. The van der Waals surface area contributed by atoms with Gasteiger partial charge in [0.1, 0.15) is 10.3 Å². The Kier molecular flexibility index (Phi) is 5.50. The molecule has 3 atom stereocenters. The third-order valence-corrected chi connectivity index (χ3v) is 6.82. The highest BCUT2D eigenvalue weighted by Gasteiger charge is 2.41. The van der Waals surface area contributed by atoms with Crippen molar-refractivity contribution >= 4 is 27.3 Å². The molecule has 0 unspecified atom stereocenters. The third kappa shape index (κ3) is 4.25. The van der Waals surface area contributed by atoms with Crippen LogP contribution in [0, 0.1) is 0 Å². The summed E-state index contributed by atoms with van der Waals surface area (Å²) in [6, 6.07) is 10.7. The summed E-state index contributed by atoms with van der Waals surface area (Å²) in [5.74, 6) is -0.362. The Morgan fingerprint density at radius 3 is 2.68 bits per heavy atom.